The van der Waals surface area contributed by atoms with Crippen molar-refractivity contribution in [1.82, 2.24) is 10.2 Å². The van der Waals surface area contributed by atoms with Crippen LogP contribution in [-0.4, -0.2) is 37.6 Å². The van der Waals surface area contributed by atoms with Crippen LogP contribution >= 0.6 is 0 Å². The molecule has 0 radical (unpaired) electrons. The number of nitrogens with zero attached hydrogens (tertiary/aromatic N) is 1. The lowest BCUT2D eigenvalue weighted by Gasteiger charge is -2.32. The molecule has 1 saturated heterocycles. The van der Waals surface area contributed by atoms with E-state index in [-0.39, 0.29) is 0 Å². The third-order valence-corrected chi connectivity index (χ3v) is 3.19. The van der Waals surface area contributed by atoms with Gasteiger partial charge in [0.25, 0.3) is 0 Å². The van der Waals surface area contributed by atoms with Crippen molar-refractivity contribution in [3.8, 4) is 0 Å². The molecule has 0 unspecified atom stereocenters. The molecule has 0 amide bonds. The fourth-order valence-electron chi connectivity index (χ4n) is 2.31. The van der Waals surface area contributed by atoms with Gasteiger partial charge >= 0.3 is 0 Å². The highest BCUT2D eigenvalue weighted by molar-refractivity contribution is 4.92. The van der Waals surface area contributed by atoms with Crippen LogP contribution in [-0.2, 0) is 0 Å². The van der Waals surface area contributed by atoms with Gasteiger partial charge in [0.05, 0.1) is 0 Å². The Bertz CT molecular complexity index is 203. The van der Waals surface area contributed by atoms with Gasteiger partial charge in [-0.15, -0.1) is 0 Å². The highest BCUT2D eigenvalue weighted by Crippen LogP contribution is 2.16. The maximum absolute atomic E-state index is 3.98. The van der Waals surface area contributed by atoms with Crippen molar-refractivity contribution in [3.05, 3.63) is 12.2 Å². The molecule has 1 rings (SSSR count). The lowest BCUT2D eigenvalue weighted by atomic mass is 9.96. The summed E-state index contributed by atoms with van der Waals surface area (Å²) in [5.74, 6) is 1.66. The van der Waals surface area contributed by atoms with E-state index in [2.05, 4.69) is 37.6 Å². The first-order valence-electron chi connectivity index (χ1n) is 6.65. The molecule has 0 saturated carbocycles. The molecule has 1 fully saturated rings. The summed E-state index contributed by atoms with van der Waals surface area (Å²) in [5.41, 5.74) is 1.29. The van der Waals surface area contributed by atoms with Gasteiger partial charge in [-0.3, -0.25) is 4.90 Å². The molecule has 2 nitrogen and oxygen atoms in total. The molecule has 16 heavy (non-hydrogen) atoms. The smallest absolute Gasteiger partial charge is 0.0187 e. The van der Waals surface area contributed by atoms with Crippen molar-refractivity contribution in [1.29, 1.82) is 0 Å². The summed E-state index contributed by atoms with van der Waals surface area (Å²) in [6.07, 6.45) is 2.69. The van der Waals surface area contributed by atoms with E-state index in [0.717, 1.165) is 24.9 Å². The zero-order valence-electron chi connectivity index (χ0n) is 11.3. The maximum Gasteiger partial charge on any atom is 0.0187 e. The minimum atomic E-state index is 0.767. The lowest BCUT2D eigenvalue weighted by Crippen LogP contribution is -2.38. The molecule has 1 aliphatic heterocycles. The van der Waals surface area contributed by atoms with E-state index in [4.69, 9.17) is 0 Å². The van der Waals surface area contributed by atoms with E-state index in [1.165, 1.54) is 38.0 Å². The van der Waals surface area contributed by atoms with Gasteiger partial charge in [0.1, 0.15) is 0 Å². The lowest BCUT2D eigenvalue weighted by molar-refractivity contribution is 0.194. The van der Waals surface area contributed by atoms with Crippen LogP contribution < -0.4 is 5.32 Å². The quantitative estimate of drug-likeness (QED) is 0.697. The topological polar surface area (TPSA) is 15.3 Å². The second-order valence-electron chi connectivity index (χ2n) is 5.73. The maximum atomic E-state index is 3.98. The molecule has 0 aromatic heterocycles. The molecule has 2 heteroatoms. The molecule has 0 aliphatic carbocycles. The predicted octanol–water partition coefficient (Wildman–Crippen LogP) is 2.52. The molecule has 1 N–H and O–H groups in total. The van der Waals surface area contributed by atoms with Gasteiger partial charge in [0, 0.05) is 6.54 Å². The van der Waals surface area contributed by atoms with E-state index in [1.807, 2.05) is 0 Å². The van der Waals surface area contributed by atoms with E-state index >= 15 is 0 Å². The Hall–Kier alpha value is -0.340. The SMILES string of the molecule is C=C(C)CN1CCC(CNCC(C)C)CC1. The van der Waals surface area contributed by atoms with Crippen LogP contribution in [0, 0.1) is 11.8 Å². The molecule has 0 aromatic rings. The first-order chi connectivity index (χ1) is 7.58. The Kier molecular flexibility index (Phi) is 6.07. The minimum absolute atomic E-state index is 0.767. The van der Waals surface area contributed by atoms with Crippen molar-refractivity contribution in [2.24, 2.45) is 11.8 Å². The van der Waals surface area contributed by atoms with Gasteiger partial charge in [-0.25, -0.2) is 0 Å². The van der Waals surface area contributed by atoms with E-state index in [1.54, 1.807) is 0 Å². The summed E-state index contributed by atoms with van der Waals surface area (Å²) in [4.78, 5) is 2.53. The number of hydrogen-bond donors (Lipinski definition) is 1. The second-order valence-corrected chi connectivity index (χ2v) is 5.73. The van der Waals surface area contributed by atoms with Gasteiger partial charge in [0.2, 0.25) is 0 Å². The summed E-state index contributed by atoms with van der Waals surface area (Å²) < 4.78 is 0. The van der Waals surface area contributed by atoms with Crippen LogP contribution in [0.15, 0.2) is 12.2 Å². The Morgan fingerprint density at radius 3 is 2.50 bits per heavy atom. The summed E-state index contributed by atoms with van der Waals surface area (Å²) in [7, 11) is 0. The minimum Gasteiger partial charge on any atom is -0.316 e. The number of piperidine rings is 1. The average molecular weight is 224 g/mol. The standard InChI is InChI=1S/C14H28N2/c1-12(2)9-15-10-14-5-7-16(8-6-14)11-13(3)4/h12,14-15H,3,5-11H2,1-2,4H3. The van der Waals surface area contributed by atoms with Crippen molar-refractivity contribution in [3.63, 3.8) is 0 Å². The molecule has 0 aromatic carbocycles. The Labute approximate surface area is 101 Å². The Morgan fingerprint density at radius 2 is 2.00 bits per heavy atom. The van der Waals surface area contributed by atoms with Crippen LogP contribution in [0.4, 0.5) is 0 Å². The molecule has 94 valence electrons. The highest BCUT2D eigenvalue weighted by atomic mass is 15.1. The largest absolute Gasteiger partial charge is 0.316 e. The normalized spacial score (nSPS) is 19.2. The first kappa shape index (κ1) is 13.7. The summed E-state index contributed by atoms with van der Waals surface area (Å²) >= 11 is 0. The monoisotopic (exact) mass is 224 g/mol. The fourth-order valence-corrected chi connectivity index (χ4v) is 2.31. The first-order valence-corrected chi connectivity index (χ1v) is 6.65. The Morgan fingerprint density at radius 1 is 1.38 bits per heavy atom. The van der Waals surface area contributed by atoms with E-state index in [0.29, 0.717) is 0 Å². The van der Waals surface area contributed by atoms with Crippen molar-refractivity contribution >= 4 is 0 Å². The van der Waals surface area contributed by atoms with Gasteiger partial charge in [0.15, 0.2) is 0 Å². The van der Waals surface area contributed by atoms with Crippen LogP contribution in [0.2, 0.25) is 0 Å². The fraction of sp³-hybridized carbons (Fsp3) is 0.857. The van der Waals surface area contributed by atoms with Crippen LogP contribution in [0.5, 0.6) is 0 Å². The van der Waals surface area contributed by atoms with Crippen LogP contribution in [0.1, 0.15) is 33.6 Å². The molecule has 1 aliphatic rings. The van der Waals surface area contributed by atoms with Crippen molar-refractivity contribution < 1.29 is 0 Å². The third kappa shape index (κ3) is 5.66. The van der Waals surface area contributed by atoms with Crippen molar-refractivity contribution in [2.75, 3.05) is 32.7 Å². The summed E-state index contributed by atoms with van der Waals surface area (Å²) in [6, 6.07) is 0. The third-order valence-electron chi connectivity index (χ3n) is 3.19. The summed E-state index contributed by atoms with van der Waals surface area (Å²) in [6.45, 7) is 16.6. The van der Waals surface area contributed by atoms with Gasteiger partial charge in [-0.1, -0.05) is 26.0 Å². The van der Waals surface area contributed by atoms with Gasteiger partial charge in [-0.05, 0) is 57.8 Å². The molecule has 0 bridgehead atoms. The average Bonchev–Trinajstić information content (AvgIpc) is 2.19. The zero-order chi connectivity index (χ0) is 12.0. The van der Waals surface area contributed by atoms with Crippen LogP contribution in [0.25, 0.3) is 0 Å². The predicted molar refractivity (Wildman–Crippen MR) is 71.7 cm³/mol. The Balaban J connectivity index is 2.10. The molecule has 1 heterocycles. The van der Waals surface area contributed by atoms with E-state index in [9.17, 15) is 0 Å². The highest BCUT2D eigenvalue weighted by Gasteiger charge is 2.18. The van der Waals surface area contributed by atoms with Gasteiger partial charge < -0.3 is 5.32 Å². The zero-order valence-corrected chi connectivity index (χ0v) is 11.3. The number of hydrogen-bond acceptors (Lipinski definition) is 2. The number of likely N-dealkylation sites (tertiary alicyclic amines) is 1. The summed E-state index contributed by atoms with van der Waals surface area (Å²) in [5, 5.41) is 3.57. The molecule has 0 spiro atoms. The molecule has 0 atom stereocenters. The van der Waals surface area contributed by atoms with Gasteiger partial charge in [-0.2, -0.15) is 0 Å². The number of rotatable bonds is 6. The molecular weight excluding hydrogens is 196 g/mol. The second kappa shape index (κ2) is 7.08. The van der Waals surface area contributed by atoms with Crippen molar-refractivity contribution in [2.45, 2.75) is 33.6 Å². The van der Waals surface area contributed by atoms with Crippen LogP contribution in [0.3, 0.4) is 0 Å². The number of nitrogens with one attached hydrogen (secondary N) is 1. The molecular formula is C14H28N2. The van der Waals surface area contributed by atoms with E-state index < -0.39 is 0 Å².